The summed E-state index contributed by atoms with van der Waals surface area (Å²) in [6.45, 7) is 10.4. The molecule has 0 aliphatic heterocycles. The predicted molar refractivity (Wildman–Crippen MR) is 82.2 cm³/mol. The Balaban J connectivity index is 3.76. The molecule has 0 aromatic carbocycles. The van der Waals surface area contributed by atoms with Gasteiger partial charge in [0.1, 0.15) is 12.5 Å². The summed E-state index contributed by atoms with van der Waals surface area (Å²) < 4.78 is 11.7. The highest BCUT2D eigenvalue weighted by Crippen LogP contribution is 2.04. The highest BCUT2D eigenvalue weighted by molar-refractivity contribution is 4.59. The smallest absolute Gasteiger partial charge is 0.109 e. The van der Waals surface area contributed by atoms with Gasteiger partial charge in [-0.25, -0.2) is 0 Å². The Bertz CT molecular complexity index is 158. The van der Waals surface area contributed by atoms with Crippen LogP contribution in [0.25, 0.3) is 0 Å². The molecule has 0 rings (SSSR count). The maximum absolute atomic E-state index is 5.86. The summed E-state index contributed by atoms with van der Waals surface area (Å²) in [5.74, 6) is 0. The molecule has 0 fully saturated rings. The molecule has 3 nitrogen and oxygen atoms in total. The Hall–Kier alpha value is -0.120. The molecule has 3 heteroatoms. The van der Waals surface area contributed by atoms with Gasteiger partial charge in [0.05, 0.1) is 0 Å². The molecule has 0 aromatic heterocycles. The molecule has 116 valence electrons. The van der Waals surface area contributed by atoms with Gasteiger partial charge in [0.15, 0.2) is 0 Å². The van der Waals surface area contributed by atoms with Gasteiger partial charge in [-0.15, -0.1) is 0 Å². The van der Waals surface area contributed by atoms with Crippen LogP contribution in [0.3, 0.4) is 0 Å². The zero-order valence-electron chi connectivity index (χ0n) is 13.5. The minimum Gasteiger partial charge on any atom is -0.363 e. The van der Waals surface area contributed by atoms with E-state index in [4.69, 9.17) is 9.47 Å². The van der Waals surface area contributed by atoms with E-state index >= 15 is 0 Å². The van der Waals surface area contributed by atoms with Gasteiger partial charge in [0, 0.05) is 13.2 Å². The molecular formula is C16H35NO2. The highest BCUT2D eigenvalue weighted by atomic mass is 16.5. The van der Waals surface area contributed by atoms with E-state index in [1.807, 2.05) is 0 Å². The Labute approximate surface area is 120 Å². The summed E-state index contributed by atoms with van der Waals surface area (Å²) in [6, 6.07) is 0. The largest absolute Gasteiger partial charge is 0.363 e. The number of unbranched alkanes of at least 4 members (excludes halogenated alkanes) is 4. The summed E-state index contributed by atoms with van der Waals surface area (Å²) in [5.41, 5.74) is 0. The van der Waals surface area contributed by atoms with Crippen LogP contribution in [0.5, 0.6) is 0 Å². The second kappa shape index (κ2) is 14.3. The van der Waals surface area contributed by atoms with Gasteiger partial charge in [-0.2, -0.15) is 0 Å². The van der Waals surface area contributed by atoms with Crippen molar-refractivity contribution in [1.82, 2.24) is 5.32 Å². The standard InChI is InChI=1S/C16H35NO2/c1-5-9-11-13-18-15(7-3)17-16(8-4)19-14-12-10-6-2/h15-17H,5-14H2,1-4H3. The van der Waals surface area contributed by atoms with E-state index in [0.717, 1.165) is 38.9 Å². The molecular weight excluding hydrogens is 238 g/mol. The lowest BCUT2D eigenvalue weighted by Crippen LogP contribution is -2.41. The van der Waals surface area contributed by atoms with Crippen LogP contribution < -0.4 is 5.32 Å². The van der Waals surface area contributed by atoms with Crippen molar-refractivity contribution in [2.45, 2.75) is 91.5 Å². The summed E-state index contributed by atoms with van der Waals surface area (Å²) >= 11 is 0. The van der Waals surface area contributed by atoms with Crippen molar-refractivity contribution in [3.63, 3.8) is 0 Å². The first-order valence-electron chi connectivity index (χ1n) is 8.27. The maximum Gasteiger partial charge on any atom is 0.109 e. The van der Waals surface area contributed by atoms with Gasteiger partial charge in [-0.05, 0) is 25.7 Å². The van der Waals surface area contributed by atoms with Crippen LogP contribution in [0.4, 0.5) is 0 Å². The van der Waals surface area contributed by atoms with E-state index in [0.29, 0.717) is 0 Å². The minimum absolute atomic E-state index is 0.132. The second-order valence-corrected chi connectivity index (χ2v) is 5.12. The summed E-state index contributed by atoms with van der Waals surface area (Å²) in [7, 11) is 0. The van der Waals surface area contributed by atoms with E-state index in [9.17, 15) is 0 Å². The number of ether oxygens (including phenoxy) is 2. The van der Waals surface area contributed by atoms with Gasteiger partial charge in [0.2, 0.25) is 0 Å². The molecule has 0 radical (unpaired) electrons. The molecule has 0 aliphatic rings. The van der Waals surface area contributed by atoms with E-state index in [1.54, 1.807) is 0 Å². The van der Waals surface area contributed by atoms with Crippen LogP contribution in [0, 0.1) is 0 Å². The van der Waals surface area contributed by atoms with Gasteiger partial charge in [0.25, 0.3) is 0 Å². The summed E-state index contributed by atoms with van der Waals surface area (Å²) in [6.07, 6.45) is 9.54. The molecule has 1 N–H and O–H groups in total. The summed E-state index contributed by atoms with van der Waals surface area (Å²) in [5, 5.41) is 3.46. The number of hydrogen-bond acceptors (Lipinski definition) is 3. The molecule has 0 saturated carbocycles. The highest BCUT2D eigenvalue weighted by Gasteiger charge is 2.12. The summed E-state index contributed by atoms with van der Waals surface area (Å²) in [4.78, 5) is 0. The fourth-order valence-corrected chi connectivity index (χ4v) is 1.93. The van der Waals surface area contributed by atoms with E-state index < -0.39 is 0 Å². The first-order valence-corrected chi connectivity index (χ1v) is 8.27. The van der Waals surface area contributed by atoms with Gasteiger partial charge in [-0.3, -0.25) is 5.32 Å². The molecule has 0 amide bonds. The molecule has 2 unspecified atom stereocenters. The minimum atomic E-state index is 0.132. The van der Waals surface area contributed by atoms with Crippen LogP contribution in [-0.2, 0) is 9.47 Å². The van der Waals surface area contributed by atoms with Crippen molar-refractivity contribution >= 4 is 0 Å². The van der Waals surface area contributed by atoms with Crippen molar-refractivity contribution < 1.29 is 9.47 Å². The van der Waals surface area contributed by atoms with Gasteiger partial charge in [-0.1, -0.05) is 53.4 Å². The third kappa shape index (κ3) is 11.4. The lowest BCUT2D eigenvalue weighted by molar-refractivity contribution is -0.0492. The van der Waals surface area contributed by atoms with Crippen molar-refractivity contribution in [3.8, 4) is 0 Å². The van der Waals surface area contributed by atoms with Crippen LogP contribution >= 0.6 is 0 Å². The molecule has 2 atom stereocenters. The van der Waals surface area contributed by atoms with Crippen molar-refractivity contribution in [2.24, 2.45) is 0 Å². The van der Waals surface area contributed by atoms with E-state index in [2.05, 4.69) is 33.0 Å². The van der Waals surface area contributed by atoms with Crippen LogP contribution in [-0.4, -0.2) is 25.7 Å². The first kappa shape index (κ1) is 18.9. The Kier molecular flexibility index (Phi) is 14.2. The first-order chi connectivity index (χ1) is 9.28. The molecule has 0 saturated heterocycles. The molecule has 0 aliphatic carbocycles. The predicted octanol–water partition coefficient (Wildman–Crippen LogP) is 4.46. The van der Waals surface area contributed by atoms with Crippen molar-refractivity contribution in [2.75, 3.05) is 13.2 Å². The fourth-order valence-electron chi connectivity index (χ4n) is 1.93. The average molecular weight is 273 g/mol. The molecule has 19 heavy (non-hydrogen) atoms. The number of rotatable bonds is 14. The Morgan fingerprint density at radius 3 is 1.42 bits per heavy atom. The third-order valence-electron chi connectivity index (χ3n) is 3.25. The second-order valence-electron chi connectivity index (χ2n) is 5.12. The molecule has 0 spiro atoms. The van der Waals surface area contributed by atoms with Gasteiger partial charge < -0.3 is 9.47 Å². The Morgan fingerprint density at radius 2 is 1.11 bits per heavy atom. The van der Waals surface area contributed by atoms with E-state index in [1.165, 1.54) is 25.7 Å². The monoisotopic (exact) mass is 273 g/mol. The zero-order chi connectivity index (χ0) is 14.3. The lowest BCUT2D eigenvalue weighted by Gasteiger charge is -2.24. The van der Waals surface area contributed by atoms with Gasteiger partial charge >= 0.3 is 0 Å². The van der Waals surface area contributed by atoms with Crippen LogP contribution in [0.2, 0.25) is 0 Å². The number of hydrogen-bond donors (Lipinski definition) is 1. The quantitative estimate of drug-likeness (QED) is 0.374. The normalized spacial score (nSPS) is 14.5. The topological polar surface area (TPSA) is 30.5 Å². The molecule has 0 aromatic rings. The lowest BCUT2D eigenvalue weighted by atomic mass is 10.2. The SMILES string of the molecule is CCCCCOC(CC)NC(CC)OCCCCC. The van der Waals surface area contributed by atoms with Crippen LogP contribution in [0.1, 0.15) is 79.1 Å². The average Bonchev–Trinajstić information content (AvgIpc) is 2.44. The van der Waals surface area contributed by atoms with Crippen molar-refractivity contribution in [3.05, 3.63) is 0 Å². The zero-order valence-corrected chi connectivity index (χ0v) is 13.5. The maximum atomic E-state index is 5.86. The van der Waals surface area contributed by atoms with E-state index in [-0.39, 0.29) is 12.5 Å². The fraction of sp³-hybridized carbons (Fsp3) is 1.00. The molecule has 0 heterocycles. The van der Waals surface area contributed by atoms with Crippen LogP contribution in [0.15, 0.2) is 0 Å². The molecule has 0 bridgehead atoms. The third-order valence-corrected chi connectivity index (χ3v) is 3.25. The Morgan fingerprint density at radius 1 is 0.684 bits per heavy atom. The number of nitrogens with one attached hydrogen (secondary N) is 1. The van der Waals surface area contributed by atoms with Crippen molar-refractivity contribution in [1.29, 1.82) is 0 Å².